The molecule has 0 saturated carbocycles. The third kappa shape index (κ3) is 2.62. The summed E-state index contributed by atoms with van der Waals surface area (Å²) in [6.45, 7) is 0.569. The van der Waals surface area contributed by atoms with Crippen LogP contribution in [0.25, 0.3) is 0 Å². The molecule has 0 fully saturated rings. The minimum absolute atomic E-state index is 0.000969. The van der Waals surface area contributed by atoms with E-state index in [0.29, 0.717) is 6.54 Å². The molecule has 0 bridgehead atoms. The standard InChI is InChI=1S/C12H9Br2NO/c13-10-5-6-12(16)15(8-10)7-9-3-1-2-4-11(9)14/h1-6,8H,7H2. The molecule has 0 spiro atoms. The molecular formula is C12H9Br2NO. The van der Waals surface area contributed by atoms with E-state index in [2.05, 4.69) is 31.9 Å². The van der Waals surface area contributed by atoms with Crippen molar-refractivity contribution >= 4 is 31.9 Å². The van der Waals surface area contributed by atoms with Crippen LogP contribution < -0.4 is 5.56 Å². The molecule has 82 valence electrons. The Hall–Kier alpha value is -0.870. The SMILES string of the molecule is O=c1ccc(Br)cn1Cc1ccccc1Br. The maximum atomic E-state index is 11.6. The Labute approximate surface area is 110 Å². The largest absolute Gasteiger partial charge is 0.310 e. The number of rotatable bonds is 2. The van der Waals surface area contributed by atoms with E-state index in [4.69, 9.17) is 0 Å². The van der Waals surface area contributed by atoms with Gasteiger partial charge in [0.05, 0.1) is 6.54 Å². The Bertz CT molecular complexity index is 563. The summed E-state index contributed by atoms with van der Waals surface area (Å²) in [5, 5.41) is 0. The van der Waals surface area contributed by atoms with Crippen LogP contribution in [0, 0.1) is 0 Å². The van der Waals surface area contributed by atoms with Crippen LogP contribution >= 0.6 is 31.9 Å². The molecule has 0 N–H and O–H groups in total. The second-order valence-corrected chi connectivity index (χ2v) is 5.17. The van der Waals surface area contributed by atoms with Crippen LogP contribution in [-0.4, -0.2) is 4.57 Å². The van der Waals surface area contributed by atoms with E-state index >= 15 is 0 Å². The van der Waals surface area contributed by atoms with Crippen LogP contribution in [0.5, 0.6) is 0 Å². The van der Waals surface area contributed by atoms with Crippen molar-refractivity contribution in [2.24, 2.45) is 0 Å². The second kappa shape index (κ2) is 4.97. The van der Waals surface area contributed by atoms with E-state index in [0.717, 1.165) is 14.5 Å². The molecular weight excluding hydrogens is 334 g/mol. The molecule has 16 heavy (non-hydrogen) atoms. The first-order valence-electron chi connectivity index (χ1n) is 4.76. The zero-order valence-electron chi connectivity index (χ0n) is 8.36. The van der Waals surface area contributed by atoms with Crippen LogP contribution in [-0.2, 0) is 6.54 Å². The third-order valence-electron chi connectivity index (χ3n) is 2.25. The van der Waals surface area contributed by atoms with Crippen LogP contribution in [0.15, 0.2) is 56.3 Å². The predicted octanol–water partition coefficient (Wildman–Crippen LogP) is 3.42. The molecule has 4 heteroatoms. The first kappa shape index (κ1) is 11.6. The predicted molar refractivity (Wildman–Crippen MR) is 71.6 cm³/mol. The fourth-order valence-electron chi connectivity index (χ4n) is 1.44. The smallest absolute Gasteiger partial charge is 0.250 e. The van der Waals surface area contributed by atoms with Gasteiger partial charge in [0.15, 0.2) is 0 Å². The van der Waals surface area contributed by atoms with Crippen molar-refractivity contribution in [1.29, 1.82) is 0 Å². The van der Waals surface area contributed by atoms with Gasteiger partial charge in [-0.1, -0.05) is 34.1 Å². The van der Waals surface area contributed by atoms with E-state index in [1.807, 2.05) is 24.3 Å². The highest BCUT2D eigenvalue weighted by atomic mass is 79.9. The minimum atomic E-state index is -0.000969. The average Bonchev–Trinajstić information content (AvgIpc) is 2.27. The van der Waals surface area contributed by atoms with Crippen LogP contribution in [0.2, 0.25) is 0 Å². The molecule has 0 atom stereocenters. The molecule has 1 aromatic carbocycles. The molecule has 0 unspecified atom stereocenters. The van der Waals surface area contributed by atoms with Crippen LogP contribution in [0.3, 0.4) is 0 Å². The highest BCUT2D eigenvalue weighted by Gasteiger charge is 2.01. The maximum Gasteiger partial charge on any atom is 0.250 e. The number of aromatic nitrogens is 1. The van der Waals surface area contributed by atoms with Crippen molar-refractivity contribution in [2.45, 2.75) is 6.54 Å². The van der Waals surface area contributed by atoms with Gasteiger partial charge in [-0.3, -0.25) is 4.79 Å². The van der Waals surface area contributed by atoms with E-state index < -0.39 is 0 Å². The average molecular weight is 343 g/mol. The second-order valence-electron chi connectivity index (χ2n) is 3.40. The first-order chi connectivity index (χ1) is 7.66. The van der Waals surface area contributed by atoms with Gasteiger partial charge < -0.3 is 4.57 Å². The lowest BCUT2D eigenvalue weighted by Gasteiger charge is -2.07. The zero-order chi connectivity index (χ0) is 11.5. The van der Waals surface area contributed by atoms with Gasteiger partial charge in [-0.15, -0.1) is 0 Å². The number of benzene rings is 1. The Kier molecular flexibility index (Phi) is 3.61. The molecule has 0 aliphatic carbocycles. The Morgan fingerprint density at radius 2 is 1.81 bits per heavy atom. The summed E-state index contributed by atoms with van der Waals surface area (Å²) in [7, 11) is 0. The highest BCUT2D eigenvalue weighted by molar-refractivity contribution is 9.10. The number of pyridine rings is 1. The summed E-state index contributed by atoms with van der Waals surface area (Å²) in [4.78, 5) is 11.6. The van der Waals surface area contributed by atoms with Gasteiger partial charge in [0, 0.05) is 21.2 Å². The van der Waals surface area contributed by atoms with Gasteiger partial charge >= 0.3 is 0 Å². The van der Waals surface area contributed by atoms with E-state index in [-0.39, 0.29) is 5.56 Å². The molecule has 1 heterocycles. The third-order valence-corrected chi connectivity index (χ3v) is 3.49. The number of halogens is 2. The summed E-state index contributed by atoms with van der Waals surface area (Å²) in [5.74, 6) is 0. The molecule has 0 amide bonds. The number of nitrogens with zero attached hydrogens (tertiary/aromatic N) is 1. The minimum Gasteiger partial charge on any atom is -0.310 e. The van der Waals surface area contributed by atoms with Crippen molar-refractivity contribution in [3.8, 4) is 0 Å². The Morgan fingerprint density at radius 3 is 2.56 bits per heavy atom. The summed E-state index contributed by atoms with van der Waals surface area (Å²) in [6, 6.07) is 11.2. The first-order valence-corrected chi connectivity index (χ1v) is 6.35. The fraction of sp³-hybridized carbons (Fsp3) is 0.0833. The number of hydrogen-bond donors (Lipinski definition) is 0. The molecule has 0 saturated heterocycles. The topological polar surface area (TPSA) is 22.0 Å². The van der Waals surface area contributed by atoms with E-state index in [1.54, 1.807) is 22.9 Å². The Balaban J connectivity index is 2.38. The molecule has 0 radical (unpaired) electrons. The summed E-state index contributed by atoms with van der Waals surface area (Å²) in [5.41, 5.74) is 1.08. The highest BCUT2D eigenvalue weighted by Crippen LogP contribution is 2.17. The van der Waals surface area contributed by atoms with Crippen molar-refractivity contribution in [2.75, 3.05) is 0 Å². The lowest BCUT2D eigenvalue weighted by atomic mass is 10.2. The van der Waals surface area contributed by atoms with Crippen LogP contribution in [0.1, 0.15) is 5.56 Å². The quantitative estimate of drug-likeness (QED) is 0.819. The number of hydrogen-bond acceptors (Lipinski definition) is 1. The molecule has 1 aromatic heterocycles. The van der Waals surface area contributed by atoms with Gasteiger partial charge in [0.2, 0.25) is 0 Å². The van der Waals surface area contributed by atoms with Gasteiger partial charge in [0.25, 0.3) is 5.56 Å². The van der Waals surface area contributed by atoms with Crippen molar-refractivity contribution in [3.63, 3.8) is 0 Å². The summed E-state index contributed by atoms with van der Waals surface area (Å²) >= 11 is 6.83. The van der Waals surface area contributed by atoms with Gasteiger partial charge in [-0.25, -0.2) is 0 Å². The van der Waals surface area contributed by atoms with Gasteiger partial charge in [-0.05, 0) is 33.6 Å². The van der Waals surface area contributed by atoms with E-state index in [9.17, 15) is 4.79 Å². The molecule has 0 aliphatic heterocycles. The Morgan fingerprint density at radius 1 is 1.06 bits per heavy atom. The molecule has 2 rings (SSSR count). The monoisotopic (exact) mass is 341 g/mol. The summed E-state index contributed by atoms with van der Waals surface area (Å²) < 4.78 is 3.59. The van der Waals surface area contributed by atoms with Gasteiger partial charge in [0.1, 0.15) is 0 Å². The van der Waals surface area contributed by atoms with Gasteiger partial charge in [-0.2, -0.15) is 0 Å². The van der Waals surface area contributed by atoms with Crippen molar-refractivity contribution in [1.82, 2.24) is 4.57 Å². The summed E-state index contributed by atoms with van der Waals surface area (Å²) in [6.07, 6.45) is 1.79. The van der Waals surface area contributed by atoms with Crippen LogP contribution in [0.4, 0.5) is 0 Å². The normalized spacial score (nSPS) is 10.4. The molecule has 0 aliphatic rings. The fourth-order valence-corrected chi connectivity index (χ4v) is 2.23. The maximum absolute atomic E-state index is 11.6. The van der Waals surface area contributed by atoms with E-state index in [1.165, 1.54) is 0 Å². The lowest BCUT2D eigenvalue weighted by Crippen LogP contribution is -2.18. The zero-order valence-corrected chi connectivity index (χ0v) is 11.5. The molecule has 2 nitrogen and oxygen atoms in total. The van der Waals surface area contributed by atoms with Crippen molar-refractivity contribution < 1.29 is 0 Å². The molecule has 2 aromatic rings. The van der Waals surface area contributed by atoms with Crippen molar-refractivity contribution in [3.05, 3.63) is 67.5 Å². The lowest BCUT2D eigenvalue weighted by molar-refractivity contribution is 0.754.